The average Bonchev–Trinajstić information content (AvgIpc) is 2.45. The van der Waals surface area contributed by atoms with Crippen molar-refractivity contribution in [2.75, 3.05) is 19.6 Å². The van der Waals surface area contributed by atoms with Gasteiger partial charge in [-0.2, -0.15) is 0 Å². The standard InChI is InChI=1S/C12H25N3O/c1-8(2)10(4)14-12(16)7-15-5-9(3)11(13)6-15/h8-11H,5-7,13H2,1-4H3,(H,14,16). The van der Waals surface area contributed by atoms with Crippen LogP contribution in [0.1, 0.15) is 27.7 Å². The van der Waals surface area contributed by atoms with Gasteiger partial charge < -0.3 is 11.1 Å². The summed E-state index contributed by atoms with van der Waals surface area (Å²) >= 11 is 0. The van der Waals surface area contributed by atoms with Gasteiger partial charge in [0, 0.05) is 25.2 Å². The predicted octanol–water partition coefficient (Wildman–Crippen LogP) is 0.426. The molecule has 1 fully saturated rings. The molecule has 0 aromatic carbocycles. The zero-order valence-electron chi connectivity index (χ0n) is 10.9. The Kier molecular flexibility index (Phi) is 4.74. The van der Waals surface area contributed by atoms with Crippen molar-refractivity contribution in [3.05, 3.63) is 0 Å². The van der Waals surface area contributed by atoms with Crippen molar-refractivity contribution in [2.45, 2.75) is 39.8 Å². The third-order valence-electron chi connectivity index (χ3n) is 3.50. The van der Waals surface area contributed by atoms with Gasteiger partial charge in [0.2, 0.25) is 5.91 Å². The van der Waals surface area contributed by atoms with Crippen LogP contribution in [-0.4, -0.2) is 42.5 Å². The van der Waals surface area contributed by atoms with Gasteiger partial charge in [-0.05, 0) is 18.8 Å². The molecular weight excluding hydrogens is 202 g/mol. The molecule has 3 atom stereocenters. The second kappa shape index (κ2) is 5.64. The molecule has 1 rings (SSSR count). The largest absolute Gasteiger partial charge is 0.352 e. The highest BCUT2D eigenvalue weighted by Crippen LogP contribution is 2.13. The Balaban J connectivity index is 2.30. The third-order valence-corrected chi connectivity index (χ3v) is 3.50. The van der Waals surface area contributed by atoms with Crippen LogP contribution in [0.25, 0.3) is 0 Å². The normalized spacial score (nSPS) is 28.4. The molecule has 1 heterocycles. The summed E-state index contributed by atoms with van der Waals surface area (Å²) < 4.78 is 0. The van der Waals surface area contributed by atoms with E-state index in [4.69, 9.17) is 5.73 Å². The van der Waals surface area contributed by atoms with Crippen LogP contribution in [0.3, 0.4) is 0 Å². The fraction of sp³-hybridized carbons (Fsp3) is 0.917. The van der Waals surface area contributed by atoms with Gasteiger partial charge in [-0.15, -0.1) is 0 Å². The van der Waals surface area contributed by atoms with E-state index < -0.39 is 0 Å². The Morgan fingerprint density at radius 1 is 1.44 bits per heavy atom. The first-order valence-electron chi connectivity index (χ1n) is 6.17. The highest BCUT2D eigenvalue weighted by molar-refractivity contribution is 5.78. The zero-order valence-corrected chi connectivity index (χ0v) is 10.9. The minimum Gasteiger partial charge on any atom is -0.352 e. The molecule has 4 nitrogen and oxygen atoms in total. The number of rotatable bonds is 4. The minimum atomic E-state index is 0.113. The Labute approximate surface area is 98.6 Å². The summed E-state index contributed by atoms with van der Waals surface area (Å²) in [6.45, 7) is 10.7. The van der Waals surface area contributed by atoms with Crippen LogP contribution < -0.4 is 11.1 Å². The molecule has 94 valence electrons. The lowest BCUT2D eigenvalue weighted by molar-refractivity contribution is -0.122. The molecule has 0 radical (unpaired) electrons. The lowest BCUT2D eigenvalue weighted by Gasteiger charge is -2.20. The molecule has 0 aromatic heterocycles. The maximum Gasteiger partial charge on any atom is 0.234 e. The number of amides is 1. The molecule has 0 bridgehead atoms. The lowest BCUT2D eigenvalue weighted by atomic mass is 10.1. The summed E-state index contributed by atoms with van der Waals surface area (Å²) in [5.74, 6) is 1.08. The predicted molar refractivity (Wildman–Crippen MR) is 66.0 cm³/mol. The van der Waals surface area contributed by atoms with Crippen LogP contribution in [0.5, 0.6) is 0 Å². The van der Waals surface area contributed by atoms with E-state index in [1.807, 2.05) is 6.92 Å². The molecular formula is C12H25N3O. The van der Waals surface area contributed by atoms with Crippen LogP contribution in [-0.2, 0) is 4.79 Å². The van der Waals surface area contributed by atoms with Gasteiger partial charge in [0.15, 0.2) is 0 Å². The molecule has 1 saturated heterocycles. The second-order valence-electron chi connectivity index (χ2n) is 5.44. The fourth-order valence-electron chi connectivity index (χ4n) is 1.89. The quantitative estimate of drug-likeness (QED) is 0.732. The van der Waals surface area contributed by atoms with E-state index >= 15 is 0 Å². The maximum absolute atomic E-state index is 11.7. The van der Waals surface area contributed by atoms with Gasteiger partial charge >= 0.3 is 0 Å². The van der Waals surface area contributed by atoms with Crippen molar-refractivity contribution in [3.8, 4) is 0 Å². The van der Waals surface area contributed by atoms with Crippen LogP contribution in [0, 0.1) is 11.8 Å². The molecule has 1 amide bonds. The van der Waals surface area contributed by atoms with Crippen LogP contribution in [0.15, 0.2) is 0 Å². The molecule has 0 saturated carbocycles. The summed E-state index contributed by atoms with van der Waals surface area (Å²) in [7, 11) is 0. The van der Waals surface area contributed by atoms with Crippen LogP contribution in [0.2, 0.25) is 0 Å². The Hall–Kier alpha value is -0.610. The molecule has 1 aliphatic rings. The first-order chi connectivity index (χ1) is 7.40. The lowest BCUT2D eigenvalue weighted by Crippen LogP contribution is -2.42. The number of nitrogens with two attached hydrogens (primary N) is 1. The Bertz CT molecular complexity index is 232. The number of nitrogens with one attached hydrogen (secondary N) is 1. The SMILES string of the molecule is CC(C)C(C)NC(=O)CN1CC(C)C(N)C1. The smallest absolute Gasteiger partial charge is 0.234 e. The van der Waals surface area contributed by atoms with Crippen LogP contribution in [0.4, 0.5) is 0 Å². The molecule has 0 aliphatic carbocycles. The number of carbonyl (C=O) groups is 1. The monoisotopic (exact) mass is 227 g/mol. The van der Waals surface area contributed by atoms with Gasteiger partial charge in [0.05, 0.1) is 6.54 Å². The summed E-state index contributed by atoms with van der Waals surface area (Å²) in [5, 5.41) is 3.01. The minimum absolute atomic E-state index is 0.113. The van der Waals surface area contributed by atoms with Gasteiger partial charge in [-0.1, -0.05) is 20.8 Å². The zero-order chi connectivity index (χ0) is 12.3. The van der Waals surface area contributed by atoms with Gasteiger partial charge in [-0.25, -0.2) is 0 Å². The molecule has 4 heteroatoms. The maximum atomic E-state index is 11.7. The number of hydrogen-bond acceptors (Lipinski definition) is 3. The topological polar surface area (TPSA) is 58.4 Å². The molecule has 0 aromatic rings. The van der Waals surface area contributed by atoms with E-state index in [1.54, 1.807) is 0 Å². The van der Waals surface area contributed by atoms with Gasteiger partial charge in [-0.3, -0.25) is 9.69 Å². The molecule has 3 N–H and O–H groups in total. The first-order valence-corrected chi connectivity index (χ1v) is 6.17. The number of hydrogen-bond donors (Lipinski definition) is 2. The third kappa shape index (κ3) is 3.76. The van der Waals surface area contributed by atoms with Crippen molar-refractivity contribution in [2.24, 2.45) is 17.6 Å². The summed E-state index contributed by atoms with van der Waals surface area (Å²) in [6.07, 6.45) is 0. The Morgan fingerprint density at radius 3 is 2.50 bits per heavy atom. The van der Waals surface area contributed by atoms with Crippen molar-refractivity contribution in [3.63, 3.8) is 0 Å². The average molecular weight is 227 g/mol. The van der Waals surface area contributed by atoms with E-state index in [2.05, 4.69) is 31.0 Å². The van der Waals surface area contributed by atoms with E-state index in [0.29, 0.717) is 18.4 Å². The van der Waals surface area contributed by atoms with Gasteiger partial charge in [0.1, 0.15) is 0 Å². The van der Waals surface area contributed by atoms with Crippen molar-refractivity contribution < 1.29 is 4.79 Å². The highest BCUT2D eigenvalue weighted by atomic mass is 16.2. The van der Waals surface area contributed by atoms with Gasteiger partial charge in [0.25, 0.3) is 0 Å². The molecule has 16 heavy (non-hydrogen) atoms. The number of nitrogens with zero attached hydrogens (tertiary/aromatic N) is 1. The summed E-state index contributed by atoms with van der Waals surface area (Å²) in [4.78, 5) is 13.9. The Morgan fingerprint density at radius 2 is 2.06 bits per heavy atom. The van der Waals surface area contributed by atoms with Crippen molar-refractivity contribution in [1.29, 1.82) is 0 Å². The first kappa shape index (κ1) is 13.5. The summed E-state index contributed by atoms with van der Waals surface area (Å²) in [6, 6.07) is 0.455. The van der Waals surface area contributed by atoms with E-state index in [0.717, 1.165) is 13.1 Å². The fourth-order valence-corrected chi connectivity index (χ4v) is 1.89. The summed E-state index contributed by atoms with van der Waals surface area (Å²) in [5.41, 5.74) is 5.92. The highest BCUT2D eigenvalue weighted by Gasteiger charge is 2.27. The molecule has 1 aliphatic heterocycles. The number of carbonyl (C=O) groups excluding carboxylic acids is 1. The van der Waals surface area contributed by atoms with Crippen molar-refractivity contribution >= 4 is 5.91 Å². The van der Waals surface area contributed by atoms with Crippen molar-refractivity contribution in [1.82, 2.24) is 10.2 Å². The van der Waals surface area contributed by atoms with E-state index in [9.17, 15) is 4.79 Å². The van der Waals surface area contributed by atoms with Crippen LogP contribution >= 0.6 is 0 Å². The second-order valence-corrected chi connectivity index (χ2v) is 5.44. The van der Waals surface area contributed by atoms with E-state index in [-0.39, 0.29) is 18.0 Å². The molecule has 0 spiro atoms. The van der Waals surface area contributed by atoms with E-state index in [1.165, 1.54) is 0 Å². The number of likely N-dealkylation sites (tertiary alicyclic amines) is 1. The molecule has 3 unspecified atom stereocenters.